The van der Waals surface area contributed by atoms with E-state index in [9.17, 15) is 5.11 Å². The first-order valence-corrected chi connectivity index (χ1v) is 7.63. The van der Waals surface area contributed by atoms with Gasteiger partial charge < -0.3 is 10.4 Å². The molecule has 1 saturated heterocycles. The fourth-order valence-corrected chi connectivity index (χ4v) is 2.95. The summed E-state index contributed by atoms with van der Waals surface area (Å²) in [6, 6.07) is 8.66. The van der Waals surface area contributed by atoms with Crippen LogP contribution in [0.4, 0.5) is 0 Å². The average Bonchev–Trinajstić information content (AvgIpc) is 2.46. The number of benzene rings is 1. The molecule has 19 heavy (non-hydrogen) atoms. The zero-order valence-corrected chi connectivity index (χ0v) is 12.4. The summed E-state index contributed by atoms with van der Waals surface area (Å²) in [5, 5.41) is 14.0. The molecule has 0 aromatic heterocycles. The Morgan fingerprint density at radius 2 is 1.84 bits per heavy atom. The van der Waals surface area contributed by atoms with Crippen molar-refractivity contribution in [2.75, 3.05) is 6.54 Å². The molecule has 0 aliphatic carbocycles. The minimum absolute atomic E-state index is 0.212. The second-order valence-corrected chi connectivity index (χ2v) is 6.13. The van der Waals surface area contributed by atoms with Crippen molar-refractivity contribution >= 4 is 0 Å². The van der Waals surface area contributed by atoms with Crippen molar-refractivity contribution < 1.29 is 5.11 Å². The van der Waals surface area contributed by atoms with Crippen LogP contribution in [0.25, 0.3) is 0 Å². The predicted octanol–water partition coefficient (Wildman–Crippen LogP) is 3.62. The highest BCUT2D eigenvalue weighted by Gasteiger charge is 2.26. The lowest BCUT2D eigenvalue weighted by Crippen LogP contribution is -2.42. The van der Waals surface area contributed by atoms with Crippen LogP contribution in [0.5, 0.6) is 0 Å². The van der Waals surface area contributed by atoms with E-state index in [0.717, 1.165) is 24.4 Å². The predicted molar refractivity (Wildman–Crippen MR) is 80.3 cm³/mol. The summed E-state index contributed by atoms with van der Waals surface area (Å²) in [7, 11) is 0. The topological polar surface area (TPSA) is 32.3 Å². The summed E-state index contributed by atoms with van der Waals surface area (Å²) in [4.78, 5) is 0. The van der Waals surface area contributed by atoms with Gasteiger partial charge in [-0.2, -0.15) is 0 Å². The molecule has 2 rings (SSSR count). The molecule has 1 aromatic rings. The number of hydrogen-bond donors (Lipinski definition) is 2. The van der Waals surface area contributed by atoms with E-state index in [0.29, 0.717) is 5.92 Å². The molecule has 2 nitrogen and oxygen atoms in total. The van der Waals surface area contributed by atoms with Crippen LogP contribution in [-0.2, 0) is 0 Å². The third kappa shape index (κ3) is 3.58. The fourth-order valence-electron chi connectivity index (χ4n) is 2.95. The molecule has 1 heterocycles. The van der Waals surface area contributed by atoms with Crippen molar-refractivity contribution in [3.8, 4) is 0 Å². The van der Waals surface area contributed by atoms with Gasteiger partial charge in [-0.05, 0) is 42.3 Å². The van der Waals surface area contributed by atoms with E-state index in [1.165, 1.54) is 18.4 Å². The van der Waals surface area contributed by atoms with Gasteiger partial charge in [-0.3, -0.25) is 0 Å². The van der Waals surface area contributed by atoms with Crippen LogP contribution in [0.15, 0.2) is 24.3 Å². The average molecular weight is 261 g/mol. The van der Waals surface area contributed by atoms with E-state index in [-0.39, 0.29) is 12.1 Å². The normalized spacial score (nSPS) is 25.5. The summed E-state index contributed by atoms with van der Waals surface area (Å²) in [5.41, 5.74) is 2.37. The third-order valence-electron chi connectivity index (χ3n) is 4.45. The molecule has 1 aromatic carbocycles. The zero-order valence-electron chi connectivity index (χ0n) is 12.4. The summed E-state index contributed by atoms with van der Waals surface area (Å²) < 4.78 is 0. The van der Waals surface area contributed by atoms with Crippen LogP contribution in [-0.4, -0.2) is 17.7 Å². The maximum Gasteiger partial charge on any atom is 0.0943 e. The first-order chi connectivity index (χ1) is 9.11. The molecule has 2 N–H and O–H groups in total. The van der Waals surface area contributed by atoms with Crippen LogP contribution in [0.2, 0.25) is 0 Å². The number of piperidine rings is 1. The first-order valence-electron chi connectivity index (χ1n) is 7.63. The van der Waals surface area contributed by atoms with Crippen molar-refractivity contribution in [2.45, 2.75) is 58.1 Å². The molecule has 0 saturated carbocycles. The van der Waals surface area contributed by atoms with Crippen molar-refractivity contribution in [3.63, 3.8) is 0 Å². The van der Waals surface area contributed by atoms with Gasteiger partial charge in [-0.1, -0.05) is 51.5 Å². The zero-order chi connectivity index (χ0) is 13.8. The highest BCUT2D eigenvalue weighted by atomic mass is 16.3. The summed E-state index contributed by atoms with van der Waals surface area (Å²) >= 11 is 0. The lowest BCUT2D eigenvalue weighted by Gasteiger charge is -2.33. The molecule has 1 fully saturated rings. The molecule has 1 aliphatic rings. The van der Waals surface area contributed by atoms with Crippen molar-refractivity contribution in [1.29, 1.82) is 0 Å². The Balaban J connectivity index is 2.04. The maximum atomic E-state index is 10.5. The van der Waals surface area contributed by atoms with E-state index in [1.54, 1.807) is 0 Å². The Morgan fingerprint density at radius 1 is 1.21 bits per heavy atom. The minimum Gasteiger partial charge on any atom is -0.387 e. The van der Waals surface area contributed by atoms with Gasteiger partial charge in [0.2, 0.25) is 0 Å². The van der Waals surface area contributed by atoms with Crippen molar-refractivity contribution in [1.82, 2.24) is 5.32 Å². The molecular weight excluding hydrogens is 234 g/mol. The molecule has 0 bridgehead atoms. The van der Waals surface area contributed by atoms with E-state index in [4.69, 9.17) is 0 Å². The SMILES string of the molecule is CCC1CCNC(C(O)c2ccc(C(C)C)cc2)C1. The number of aliphatic hydroxyl groups is 1. The standard InChI is InChI=1S/C17H27NO/c1-4-13-9-10-18-16(11-13)17(19)15-7-5-14(6-8-15)12(2)3/h5-8,12-13,16-19H,4,9-11H2,1-3H3. The van der Waals surface area contributed by atoms with Gasteiger partial charge in [-0.15, -0.1) is 0 Å². The molecule has 3 atom stereocenters. The molecule has 3 unspecified atom stereocenters. The maximum absolute atomic E-state index is 10.5. The summed E-state index contributed by atoms with van der Waals surface area (Å²) in [5.74, 6) is 1.30. The first kappa shape index (κ1) is 14.5. The van der Waals surface area contributed by atoms with Gasteiger partial charge in [-0.25, -0.2) is 0 Å². The Kier molecular flexibility index (Phi) is 5.00. The summed E-state index contributed by atoms with van der Waals surface area (Å²) in [6.45, 7) is 7.67. The van der Waals surface area contributed by atoms with Gasteiger partial charge >= 0.3 is 0 Å². The van der Waals surface area contributed by atoms with Crippen LogP contribution >= 0.6 is 0 Å². The van der Waals surface area contributed by atoms with E-state index in [2.05, 4.69) is 50.4 Å². The Hall–Kier alpha value is -0.860. The molecule has 2 heteroatoms. The van der Waals surface area contributed by atoms with Crippen LogP contribution < -0.4 is 5.32 Å². The lowest BCUT2D eigenvalue weighted by atomic mass is 9.86. The molecule has 0 amide bonds. The van der Waals surface area contributed by atoms with Gasteiger partial charge in [0.05, 0.1) is 6.10 Å². The van der Waals surface area contributed by atoms with Gasteiger partial charge in [0.1, 0.15) is 0 Å². The van der Waals surface area contributed by atoms with E-state index >= 15 is 0 Å². The van der Waals surface area contributed by atoms with Gasteiger partial charge in [0.15, 0.2) is 0 Å². The van der Waals surface area contributed by atoms with Crippen molar-refractivity contribution in [3.05, 3.63) is 35.4 Å². The highest BCUT2D eigenvalue weighted by Crippen LogP contribution is 2.28. The minimum atomic E-state index is -0.379. The molecular formula is C17H27NO. The molecule has 1 aliphatic heterocycles. The number of rotatable bonds is 4. The van der Waals surface area contributed by atoms with Gasteiger partial charge in [0.25, 0.3) is 0 Å². The summed E-state index contributed by atoms with van der Waals surface area (Å²) in [6.07, 6.45) is 3.17. The Labute approximate surface area is 117 Å². The van der Waals surface area contributed by atoms with Crippen LogP contribution in [0.1, 0.15) is 63.2 Å². The second-order valence-electron chi connectivity index (χ2n) is 6.13. The number of hydrogen-bond acceptors (Lipinski definition) is 2. The van der Waals surface area contributed by atoms with Crippen LogP contribution in [0.3, 0.4) is 0 Å². The molecule has 106 valence electrons. The number of aliphatic hydroxyl groups excluding tert-OH is 1. The highest BCUT2D eigenvalue weighted by molar-refractivity contribution is 5.27. The van der Waals surface area contributed by atoms with E-state index < -0.39 is 0 Å². The second kappa shape index (κ2) is 6.53. The Bertz CT molecular complexity index is 385. The van der Waals surface area contributed by atoms with Gasteiger partial charge in [0, 0.05) is 6.04 Å². The Morgan fingerprint density at radius 3 is 2.42 bits per heavy atom. The number of nitrogens with one attached hydrogen (secondary N) is 1. The quantitative estimate of drug-likeness (QED) is 0.867. The van der Waals surface area contributed by atoms with Crippen LogP contribution in [0, 0.1) is 5.92 Å². The lowest BCUT2D eigenvalue weighted by molar-refractivity contribution is 0.0979. The monoisotopic (exact) mass is 261 g/mol. The molecule has 0 spiro atoms. The third-order valence-corrected chi connectivity index (χ3v) is 4.45. The van der Waals surface area contributed by atoms with E-state index in [1.807, 2.05) is 0 Å². The van der Waals surface area contributed by atoms with Crippen molar-refractivity contribution in [2.24, 2.45) is 5.92 Å². The fraction of sp³-hybridized carbons (Fsp3) is 0.647. The largest absolute Gasteiger partial charge is 0.387 e. The smallest absolute Gasteiger partial charge is 0.0943 e. The molecule has 0 radical (unpaired) electrons.